The third-order valence-corrected chi connectivity index (χ3v) is 5.11. The van der Waals surface area contributed by atoms with E-state index in [1.165, 1.54) is 0 Å². The van der Waals surface area contributed by atoms with Crippen LogP contribution in [0.15, 0.2) is 0 Å². The van der Waals surface area contributed by atoms with Crippen molar-refractivity contribution in [3.8, 4) is 0 Å². The molecule has 0 spiro atoms. The van der Waals surface area contributed by atoms with Gasteiger partial charge in [0.25, 0.3) is 0 Å². The van der Waals surface area contributed by atoms with Crippen LogP contribution < -0.4 is 5.73 Å². The van der Waals surface area contributed by atoms with E-state index in [4.69, 9.17) is 5.73 Å². The molecule has 2 nitrogen and oxygen atoms in total. The van der Waals surface area contributed by atoms with Gasteiger partial charge in [-0.1, -0.05) is 0 Å². The van der Waals surface area contributed by atoms with Crippen LogP contribution in [0.1, 0.15) is 32.1 Å². The first-order chi connectivity index (χ1) is 7.29. The lowest BCUT2D eigenvalue weighted by atomic mass is 9.66. The Morgan fingerprint density at radius 1 is 1.25 bits per heavy atom. The molecular formula is C11H14F3NO. The molecule has 4 saturated carbocycles. The number of primary amides is 1. The quantitative estimate of drug-likeness (QED) is 0.741. The molecule has 0 heterocycles. The van der Waals surface area contributed by atoms with Gasteiger partial charge in [0, 0.05) is 0 Å². The lowest BCUT2D eigenvalue weighted by Crippen LogP contribution is -2.45. The molecule has 4 unspecified atom stereocenters. The van der Waals surface area contributed by atoms with Gasteiger partial charge in [0.1, 0.15) is 0 Å². The fraction of sp³-hybridized carbons (Fsp3) is 0.909. The number of amides is 1. The molecule has 4 atom stereocenters. The lowest BCUT2D eigenvalue weighted by molar-refractivity contribution is -0.239. The van der Waals surface area contributed by atoms with Gasteiger partial charge in [0.2, 0.25) is 5.91 Å². The number of carbonyl (C=O) groups excluding carboxylic acids is 1. The zero-order valence-electron chi connectivity index (χ0n) is 8.81. The first-order valence-electron chi connectivity index (χ1n) is 5.66. The topological polar surface area (TPSA) is 43.1 Å². The van der Waals surface area contributed by atoms with E-state index < -0.39 is 22.9 Å². The largest absolute Gasteiger partial charge is 0.394 e. The third-order valence-electron chi connectivity index (χ3n) is 5.11. The highest BCUT2D eigenvalue weighted by atomic mass is 19.4. The molecule has 2 N–H and O–H groups in total. The average Bonchev–Trinajstić information content (AvgIpc) is 2.50. The summed E-state index contributed by atoms with van der Waals surface area (Å²) in [5.74, 6) is -0.571. The number of hydrogen-bond acceptors (Lipinski definition) is 1. The molecular weight excluding hydrogens is 219 g/mol. The fourth-order valence-corrected chi connectivity index (χ4v) is 4.62. The summed E-state index contributed by atoms with van der Waals surface area (Å²) < 4.78 is 39.3. The molecule has 0 aliphatic heterocycles. The van der Waals surface area contributed by atoms with Crippen LogP contribution in [0.25, 0.3) is 0 Å². The molecule has 0 aromatic carbocycles. The molecule has 1 amide bonds. The van der Waals surface area contributed by atoms with Gasteiger partial charge in [0.05, 0.1) is 10.8 Å². The summed E-state index contributed by atoms with van der Waals surface area (Å²) in [6.45, 7) is 0. The SMILES string of the molecule is NC(=O)C12CC3CC1CC(C(F)(F)F)(C3)C2. The summed E-state index contributed by atoms with van der Waals surface area (Å²) in [5, 5.41) is 0. The Morgan fingerprint density at radius 2 is 1.94 bits per heavy atom. The number of alkyl halides is 3. The van der Waals surface area contributed by atoms with E-state index in [9.17, 15) is 18.0 Å². The van der Waals surface area contributed by atoms with Crippen LogP contribution in [0.3, 0.4) is 0 Å². The minimum absolute atomic E-state index is 0.0556. The Kier molecular flexibility index (Phi) is 1.67. The van der Waals surface area contributed by atoms with Crippen LogP contribution in [-0.2, 0) is 4.79 Å². The first-order valence-corrected chi connectivity index (χ1v) is 5.66. The van der Waals surface area contributed by atoms with Crippen LogP contribution in [0.2, 0.25) is 0 Å². The summed E-state index contributed by atoms with van der Waals surface area (Å²) in [4.78, 5) is 11.5. The van der Waals surface area contributed by atoms with Gasteiger partial charge in [-0.05, 0) is 43.9 Å². The highest BCUT2D eigenvalue weighted by Crippen LogP contribution is 2.73. The van der Waals surface area contributed by atoms with Crippen LogP contribution in [0.5, 0.6) is 0 Å². The normalized spacial score (nSPS) is 49.9. The molecule has 4 bridgehead atoms. The number of hydrogen-bond donors (Lipinski definition) is 1. The van der Waals surface area contributed by atoms with Gasteiger partial charge in [-0.15, -0.1) is 0 Å². The minimum atomic E-state index is -4.18. The molecule has 90 valence electrons. The van der Waals surface area contributed by atoms with Gasteiger partial charge in [-0.3, -0.25) is 4.79 Å². The van der Waals surface area contributed by atoms with Gasteiger partial charge in [-0.25, -0.2) is 0 Å². The molecule has 4 aliphatic rings. The summed E-state index contributed by atoms with van der Waals surface area (Å²) in [6, 6.07) is 0. The molecule has 0 aromatic heterocycles. The van der Waals surface area contributed by atoms with E-state index >= 15 is 0 Å². The van der Waals surface area contributed by atoms with E-state index in [-0.39, 0.29) is 31.1 Å². The zero-order valence-corrected chi connectivity index (χ0v) is 8.81. The summed E-state index contributed by atoms with van der Waals surface area (Å²) in [6.07, 6.45) is -2.55. The smallest absolute Gasteiger partial charge is 0.369 e. The van der Waals surface area contributed by atoms with Crippen molar-refractivity contribution in [1.82, 2.24) is 0 Å². The van der Waals surface area contributed by atoms with Gasteiger partial charge < -0.3 is 5.73 Å². The second kappa shape index (κ2) is 2.57. The highest BCUT2D eigenvalue weighted by molar-refractivity contribution is 5.82. The monoisotopic (exact) mass is 233 g/mol. The standard InChI is InChI=1S/C11H14F3NO/c12-11(13,14)9-2-6-1-7(4-9)10(3-6,5-9)8(15)16/h6-7H,1-5H2,(H2,15,16). The van der Waals surface area contributed by atoms with Crippen LogP contribution >= 0.6 is 0 Å². The Labute approximate surface area is 91.4 Å². The number of halogens is 3. The maximum Gasteiger partial charge on any atom is 0.394 e. The molecule has 0 saturated heterocycles. The van der Waals surface area contributed by atoms with Crippen LogP contribution in [0.4, 0.5) is 13.2 Å². The van der Waals surface area contributed by atoms with Gasteiger partial charge in [-0.2, -0.15) is 13.2 Å². The van der Waals surface area contributed by atoms with E-state index in [0.29, 0.717) is 6.42 Å². The van der Waals surface area contributed by atoms with E-state index in [1.807, 2.05) is 0 Å². The van der Waals surface area contributed by atoms with Crippen LogP contribution in [0, 0.1) is 22.7 Å². The minimum Gasteiger partial charge on any atom is -0.369 e. The molecule has 0 aromatic rings. The predicted molar refractivity (Wildman–Crippen MR) is 50.2 cm³/mol. The van der Waals surface area contributed by atoms with Crippen molar-refractivity contribution in [2.75, 3.05) is 0 Å². The Balaban J connectivity index is 2.04. The lowest BCUT2D eigenvalue weighted by Gasteiger charge is -2.41. The molecule has 4 rings (SSSR count). The first kappa shape index (κ1) is 10.4. The van der Waals surface area contributed by atoms with Gasteiger partial charge >= 0.3 is 6.18 Å². The molecule has 0 radical (unpaired) electrons. The number of carbonyl (C=O) groups is 1. The maximum atomic E-state index is 13.1. The summed E-state index contributed by atoms with van der Waals surface area (Å²) in [5.41, 5.74) is 2.91. The fourth-order valence-electron chi connectivity index (χ4n) is 4.62. The van der Waals surface area contributed by atoms with E-state index in [0.717, 1.165) is 6.42 Å². The zero-order chi connectivity index (χ0) is 11.8. The van der Waals surface area contributed by atoms with Crippen molar-refractivity contribution in [3.63, 3.8) is 0 Å². The van der Waals surface area contributed by atoms with Crippen LogP contribution in [-0.4, -0.2) is 12.1 Å². The van der Waals surface area contributed by atoms with Gasteiger partial charge in [0.15, 0.2) is 0 Å². The Bertz CT molecular complexity index is 367. The van der Waals surface area contributed by atoms with Crippen molar-refractivity contribution in [2.45, 2.75) is 38.3 Å². The maximum absolute atomic E-state index is 13.1. The molecule has 4 aliphatic carbocycles. The van der Waals surface area contributed by atoms with E-state index in [1.54, 1.807) is 0 Å². The second-order valence-electron chi connectivity index (χ2n) is 5.89. The van der Waals surface area contributed by atoms with Crippen molar-refractivity contribution >= 4 is 5.91 Å². The van der Waals surface area contributed by atoms with Crippen molar-refractivity contribution < 1.29 is 18.0 Å². The van der Waals surface area contributed by atoms with Crippen molar-refractivity contribution in [1.29, 1.82) is 0 Å². The van der Waals surface area contributed by atoms with Crippen molar-refractivity contribution in [2.24, 2.45) is 28.4 Å². The Morgan fingerprint density at radius 3 is 2.44 bits per heavy atom. The Hall–Kier alpha value is -0.740. The third kappa shape index (κ3) is 0.973. The highest BCUT2D eigenvalue weighted by Gasteiger charge is 2.73. The second-order valence-corrected chi connectivity index (χ2v) is 5.89. The number of nitrogens with two attached hydrogens (primary N) is 1. The average molecular weight is 233 g/mol. The van der Waals surface area contributed by atoms with Crippen molar-refractivity contribution in [3.05, 3.63) is 0 Å². The molecule has 16 heavy (non-hydrogen) atoms. The predicted octanol–water partition coefficient (Wildman–Crippen LogP) is 2.23. The summed E-state index contributed by atoms with van der Waals surface area (Å²) in [7, 11) is 0. The molecule has 4 fully saturated rings. The molecule has 5 heteroatoms. The summed E-state index contributed by atoms with van der Waals surface area (Å²) >= 11 is 0. The van der Waals surface area contributed by atoms with E-state index in [2.05, 4.69) is 0 Å². The number of rotatable bonds is 1.